The molecular weight excluding hydrogens is 911 g/mol. The second kappa shape index (κ2) is 23.8. The number of carboxylic acid groups (broad SMARTS) is 1. The lowest BCUT2D eigenvalue weighted by Gasteiger charge is -2.40. The molecule has 1 heterocycles. The van der Waals surface area contributed by atoms with Crippen LogP contribution >= 0.6 is 0 Å². The number of aromatic nitrogens is 1. The second-order valence-electron chi connectivity index (χ2n) is 23.5. The van der Waals surface area contributed by atoms with E-state index in [4.69, 9.17) is 4.74 Å². The zero-order chi connectivity index (χ0) is 55.2. The van der Waals surface area contributed by atoms with Gasteiger partial charge in [0.1, 0.15) is 17.8 Å². The summed E-state index contributed by atoms with van der Waals surface area (Å²) in [6.45, 7) is 30.0. The van der Waals surface area contributed by atoms with Gasteiger partial charge in [0, 0.05) is 60.2 Å². The van der Waals surface area contributed by atoms with Crippen molar-refractivity contribution in [3.8, 4) is 5.75 Å². The summed E-state index contributed by atoms with van der Waals surface area (Å²) in [5.41, 5.74) is 0.133. The second-order valence-corrected chi connectivity index (χ2v) is 23.5. The Kier molecular flexibility index (Phi) is 20.0. The molecule has 2 unspecified atom stereocenters. The van der Waals surface area contributed by atoms with Gasteiger partial charge in [-0.3, -0.25) is 19.2 Å². The number of carbonyl (C=O) groups is 6. The van der Waals surface area contributed by atoms with Gasteiger partial charge in [0.15, 0.2) is 0 Å². The van der Waals surface area contributed by atoms with E-state index in [-0.39, 0.29) is 46.5 Å². The predicted octanol–water partition coefficient (Wildman–Crippen LogP) is 7.52. The average Bonchev–Trinajstić information content (AvgIpc) is 3.63. The number of amides is 4. The monoisotopic (exact) mass is 998 g/mol. The number of carbonyl (C=O) groups excluding carboxylic acids is 5. The van der Waals surface area contributed by atoms with Crippen LogP contribution in [0.15, 0.2) is 78.0 Å². The van der Waals surface area contributed by atoms with Crippen LogP contribution in [0, 0.1) is 22.7 Å². The zero-order valence-corrected chi connectivity index (χ0v) is 47.1. The molecule has 6 atom stereocenters. The summed E-state index contributed by atoms with van der Waals surface area (Å²) in [6, 6.07) is 10.5. The van der Waals surface area contributed by atoms with Crippen LogP contribution in [-0.4, -0.2) is 119 Å². The molecule has 15 nitrogen and oxygen atoms in total. The number of hydrogen-bond acceptors (Lipinski definition) is 9. The third kappa shape index (κ3) is 14.0. The van der Waals surface area contributed by atoms with Crippen LogP contribution in [0.4, 0.5) is 0 Å². The highest BCUT2D eigenvalue weighted by Crippen LogP contribution is 2.36. The Bertz CT molecular complexity index is 2500. The first-order chi connectivity index (χ1) is 33.0. The highest BCUT2D eigenvalue weighted by molar-refractivity contribution is 5.94. The molecule has 398 valence electrons. The normalized spacial score (nSPS) is 15.6. The third-order valence-electron chi connectivity index (χ3n) is 14.2. The summed E-state index contributed by atoms with van der Waals surface area (Å²) in [7, 11) is 8.70. The average molecular weight is 998 g/mol. The predicted molar refractivity (Wildman–Crippen MR) is 287 cm³/mol. The molecule has 72 heavy (non-hydrogen) atoms. The number of esters is 1. The summed E-state index contributed by atoms with van der Waals surface area (Å²) in [6.07, 6.45) is 5.34. The van der Waals surface area contributed by atoms with Gasteiger partial charge < -0.3 is 45.5 Å². The van der Waals surface area contributed by atoms with Gasteiger partial charge >= 0.3 is 11.9 Å². The minimum atomic E-state index is -1.07. The maximum atomic E-state index is 14.6. The van der Waals surface area contributed by atoms with E-state index in [1.165, 1.54) is 11.8 Å². The first kappa shape index (κ1) is 60.5. The van der Waals surface area contributed by atoms with Crippen LogP contribution in [0.25, 0.3) is 10.9 Å². The Hall–Kier alpha value is -5.80. The molecule has 1 aromatic heterocycles. The fourth-order valence-corrected chi connectivity index (χ4v) is 9.57. The van der Waals surface area contributed by atoms with E-state index in [1.807, 2.05) is 128 Å². The van der Waals surface area contributed by atoms with Gasteiger partial charge in [-0.1, -0.05) is 139 Å². The SMILES string of the molecule is CN[C@H](C(=O)N[C@H](C(=O)N(C)C(/C=C(\C)C(=O)O)C(C)C)C(C)(C)C)C(C)(C)c1cccc(OC(=O)/C(C)=C/C(C(C)C)N(C)C(=O)[C@@H](NC(=O)[C@@H](NC)C(C)(C)c2cn(C)c3ccccc23)C(C)(C)C)c1. The quantitative estimate of drug-likeness (QED) is 0.0405. The van der Waals surface area contributed by atoms with Gasteiger partial charge in [-0.05, 0) is 79.9 Å². The summed E-state index contributed by atoms with van der Waals surface area (Å²) in [5.74, 6) is -3.11. The number of fused-ring (bicyclic) bond motifs is 1. The van der Waals surface area contributed by atoms with Crippen molar-refractivity contribution in [3.63, 3.8) is 0 Å². The van der Waals surface area contributed by atoms with E-state index in [9.17, 15) is 33.9 Å². The minimum Gasteiger partial charge on any atom is -0.478 e. The Balaban J connectivity index is 1.87. The number of benzene rings is 2. The Labute approximate surface area is 429 Å². The molecule has 3 aromatic rings. The van der Waals surface area contributed by atoms with Crippen molar-refractivity contribution < 1.29 is 38.6 Å². The van der Waals surface area contributed by atoms with Crippen molar-refractivity contribution in [1.29, 1.82) is 0 Å². The van der Waals surface area contributed by atoms with Crippen LogP contribution in [0.2, 0.25) is 0 Å². The first-order valence-corrected chi connectivity index (χ1v) is 25.0. The number of para-hydroxylation sites is 1. The van der Waals surface area contributed by atoms with Gasteiger partial charge in [0.2, 0.25) is 23.6 Å². The molecule has 3 rings (SSSR count). The molecule has 0 saturated carbocycles. The summed E-state index contributed by atoms with van der Waals surface area (Å²) in [5, 5.41) is 23.1. The summed E-state index contributed by atoms with van der Waals surface area (Å²) >= 11 is 0. The van der Waals surface area contributed by atoms with Gasteiger partial charge in [0.05, 0.1) is 24.2 Å². The van der Waals surface area contributed by atoms with E-state index in [0.717, 1.165) is 16.5 Å². The van der Waals surface area contributed by atoms with E-state index < -0.39 is 75.8 Å². The number of nitrogens with one attached hydrogen (secondary N) is 4. The van der Waals surface area contributed by atoms with Crippen LogP contribution < -0.4 is 26.0 Å². The lowest BCUT2D eigenvalue weighted by Crippen LogP contribution is -2.61. The number of rotatable bonds is 21. The number of hydrogen-bond donors (Lipinski definition) is 5. The highest BCUT2D eigenvalue weighted by atomic mass is 16.5. The molecule has 0 radical (unpaired) electrons. The van der Waals surface area contributed by atoms with Gasteiger partial charge in [-0.15, -0.1) is 0 Å². The van der Waals surface area contributed by atoms with Crippen LogP contribution in [0.5, 0.6) is 5.75 Å². The molecule has 0 aliphatic carbocycles. The number of ether oxygens (including phenoxy) is 1. The zero-order valence-electron chi connectivity index (χ0n) is 47.1. The summed E-state index contributed by atoms with van der Waals surface area (Å²) < 4.78 is 8.01. The van der Waals surface area contributed by atoms with Crippen molar-refractivity contribution >= 4 is 46.5 Å². The molecule has 0 saturated heterocycles. The fraction of sp³-hybridized carbons (Fsp3) is 0.579. The molecule has 0 aliphatic heterocycles. The van der Waals surface area contributed by atoms with E-state index in [2.05, 4.69) is 38.1 Å². The highest BCUT2D eigenvalue weighted by Gasteiger charge is 2.44. The standard InChI is InChI=1S/C57H87N7O8/c1-33(2)42(29-35(5)52(69)70)63(20)50(67)46(54(7,8)9)60-48(65)44(58-17)56(13,14)37-25-24-26-38(31-37)72-53(71)36(6)30-43(34(3)4)64(21)51(68)47(55(10,11)12)61-49(66)45(59-18)57(15,16)40-32-62(19)41-28-23-22-27-39(40)41/h22-34,42-47,58-59H,1-21H3,(H,60,65)(H,61,66)(H,69,70)/b35-29+,36-30+/t42?,43?,44-,45-,46-,47-/m1/s1. The summed E-state index contributed by atoms with van der Waals surface area (Å²) in [4.78, 5) is 86.2. The molecule has 0 bridgehead atoms. The topological polar surface area (TPSA) is 191 Å². The molecule has 0 fully saturated rings. The molecule has 2 aromatic carbocycles. The van der Waals surface area contributed by atoms with Crippen LogP contribution in [-0.2, 0) is 46.6 Å². The number of carboxylic acids is 1. The molecule has 0 aliphatic rings. The lowest BCUT2D eigenvalue weighted by molar-refractivity contribution is -0.141. The number of likely N-dealkylation sites (N-methyl/N-ethyl adjacent to an activating group) is 4. The van der Waals surface area contributed by atoms with E-state index in [0.29, 0.717) is 5.56 Å². The molecule has 15 heteroatoms. The largest absolute Gasteiger partial charge is 0.478 e. The number of aryl methyl sites for hydroxylation is 1. The maximum Gasteiger partial charge on any atom is 0.338 e. The van der Waals surface area contributed by atoms with E-state index >= 15 is 0 Å². The fourth-order valence-electron chi connectivity index (χ4n) is 9.57. The maximum absolute atomic E-state index is 14.6. The van der Waals surface area contributed by atoms with Crippen molar-refractivity contribution in [2.24, 2.45) is 29.7 Å². The third-order valence-corrected chi connectivity index (χ3v) is 14.2. The van der Waals surface area contributed by atoms with E-state index in [1.54, 1.807) is 70.4 Å². The minimum absolute atomic E-state index is 0.110. The van der Waals surface area contributed by atoms with Crippen LogP contribution in [0.3, 0.4) is 0 Å². The molecule has 0 spiro atoms. The lowest BCUT2D eigenvalue weighted by atomic mass is 9.76. The van der Waals surface area contributed by atoms with Crippen molar-refractivity contribution in [2.75, 3.05) is 28.2 Å². The number of aliphatic carboxylic acids is 1. The van der Waals surface area contributed by atoms with Crippen molar-refractivity contribution in [1.82, 2.24) is 35.6 Å². The first-order valence-electron chi connectivity index (χ1n) is 25.0. The molecule has 5 N–H and O–H groups in total. The van der Waals surface area contributed by atoms with Gasteiger partial charge in [0.25, 0.3) is 0 Å². The Morgan fingerprint density at radius 3 is 1.51 bits per heavy atom. The van der Waals surface area contributed by atoms with Gasteiger partial charge in [-0.2, -0.15) is 0 Å². The Morgan fingerprint density at radius 2 is 1.08 bits per heavy atom. The van der Waals surface area contributed by atoms with Crippen molar-refractivity contribution in [2.45, 2.75) is 158 Å². The number of nitrogens with zero attached hydrogens (tertiary/aromatic N) is 3. The Morgan fingerprint density at radius 1 is 0.639 bits per heavy atom. The van der Waals surface area contributed by atoms with Crippen LogP contribution in [0.1, 0.15) is 122 Å². The molecular formula is C57H87N7O8. The smallest absolute Gasteiger partial charge is 0.338 e. The van der Waals surface area contributed by atoms with Gasteiger partial charge in [-0.25, -0.2) is 9.59 Å². The molecule has 4 amide bonds. The van der Waals surface area contributed by atoms with Crippen molar-refractivity contribution in [3.05, 3.63) is 89.2 Å².